The first-order valence-electron chi connectivity index (χ1n) is 7.80. The Morgan fingerprint density at radius 2 is 1.90 bits per heavy atom. The van der Waals surface area contributed by atoms with Crippen LogP contribution in [0.4, 0.5) is 0 Å². The highest BCUT2D eigenvalue weighted by molar-refractivity contribution is 5.18. The zero-order valence-corrected chi connectivity index (χ0v) is 12.3. The molecule has 20 heavy (non-hydrogen) atoms. The van der Waals surface area contributed by atoms with Crippen molar-refractivity contribution >= 4 is 0 Å². The molecular formula is C17H25NO2. The molecule has 1 spiro atoms. The minimum absolute atomic E-state index is 0.0740. The summed E-state index contributed by atoms with van der Waals surface area (Å²) in [5.41, 5.74) is 1.44. The van der Waals surface area contributed by atoms with E-state index in [1.807, 2.05) is 0 Å². The van der Waals surface area contributed by atoms with Gasteiger partial charge in [0.05, 0.1) is 5.60 Å². The molecule has 2 atom stereocenters. The van der Waals surface area contributed by atoms with E-state index in [-0.39, 0.29) is 5.60 Å². The van der Waals surface area contributed by atoms with Crippen LogP contribution in [0.1, 0.15) is 44.2 Å². The second kappa shape index (κ2) is 6.25. The summed E-state index contributed by atoms with van der Waals surface area (Å²) < 4.78 is 11.6. The first-order valence-corrected chi connectivity index (χ1v) is 7.80. The van der Waals surface area contributed by atoms with Gasteiger partial charge in [0.25, 0.3) is 0 Å². The fourth-order valence-corrected chi connectivity index (χ4v) is 3.45. The Kier molecular flexibility index (Phi) is 4.39. The number of rotatable bonds is 3. The summed E-state index contributed by atoms with van der Waals surface area (Å²) in [7, 11) is 0. The Hall–Kier alpha value is -0.900. The minimum Gasteiger partial charge on any atom is -0.381 e. The smallest absolute Gasteiger partial charge is 0.0741 e. The topological polar surface area (TPSA) is 30.5 Å². The van der Waals surface area contributed by atoms with Crippen molar-refractivity contribution in [2.24, 2.45) is 0 Å². The van der Waals surface area contributed by atoms with Gasteiger partial charge < -0.3 is 14.8 Å². The number of nitrogens with one attached hydrogen (secondary N) is 1. The zero-order chi connectivity index (χ0) is 13.8. The summed E-state index contributed by atoms with van der Waals surface area (Å²) >= 11 is 0. The monoisotopic (exact) mass is 275 g/mol. The second-order valence-corrected chi connectivity index (χ2v) is 6.13. The quantitative estimate of drug-likeness (QED) is 0.919. The molecule has 2 heterocycles. The van der Waals surface area contributed by atoms with Crippen molar-refractivity contribution in [2.45, 2.75) is 50.3 Å². The van der Waals surface area contributed by atoms with Gasteiger partial charge in [-0.1, -0.05) is 30.3 Å². The Morgan fingerprint density at radius 3 is 2.65 bits per heavy atom. The van der Waals surface area contributed by atoms with Crippen LogP contribution in [0.15, 0.2) is 30.3 Å². The SMILES string of the molecule is CC(NC1CCOC2(CCOCC2)C1)c1ccccc1. The summed E-state index contributed by atoms with van der Waals surface area (Å²) in [6.45, 7) is 4.82. The van der Waals surface area contributed by atoms with Gasteiger partial charge in [-0.2, -0.15) is 0 Å². The lowest BCUT2D eigenvalue weighted by molar-refractivity contribution is -0.140. The first-order chi connectivity index (χ1) is 9.77. The predicted molar refractivity (Wildman–Crippen MR) is 79.8 cm³/mol. The summed E-state index contributed by atoms with van der Waals surface area (Å²) in [6.07, 6.45) is 4.32. The third-order valence-corrected chi connectivity index (χ3v) is 4.68. The maximum absolute atomic E-state index is 6.10. The zero-order valence-electron chi connectivity index (χ0n) is 12.3. The molecule has 2 aliphatic heterocycles. The average Bonchev–Trinajstić information content (AvgIpc) is 2.49. The number of hydrogen-bond acceptors (Lipinski definition) is 3. The largest absolute Gasteiger partial charge is 0.381 e. The van der Waals surface area contributed by atoms with E-state index in [1.54, 1.807) is 0 Å². The van der Waals surface area contributed by atoms with Crippen LogP contribution >= 0.6 is 0 Å². The van der Waals surface area contributed by atoms with Crippen molar-refractivity contribution in [3.63, 3.8) is 0 Å². The average molecular weight is 275 g/mol. The molecule has 2 fully saturated rings. The normalized spacial score (nSPS) is 27.4. The summed E-state index contributed by atoms with van der Waals surface area (Å²) in [6, 6.07) is 11.6. The highest BCUT2D eigenvalue weighted by Gasteiger charge is 2.39. The first kappa shape index (κ1) is 14.1. The van der Waals surface area contributed by atoms with Crippen LogP contribution < -0.4 is 5.32 Å². The van der Waals surface area contributed by atoms with Crippen molar-refractivity contribution in [2.75, 3.05) is 19.8 Å². The highest BCUT2D eigenvalue weighted by atomic mass is 16.5. The van der Waals surface area contributed by atoms with Gasteiger partial charge in [0.2, 0.25) is 0 Å². The van der Waals surface area contributed by atoms with E-state index in [4.69, 9.17) is 9.47 Å². The molecule has 0 radical (unpaired) electrons. The molecule has 1 aromatic rings. The van der Waals surface area contributed by atoms with Crippen LogP contribution in [0.25, 0.3) is 0 Å². The van der Waals surface area contributed by atoms with Gasteiger partial charge in [-0.3, -0.25) is 0 Å². The van der Waals surface area contributed by atoms with E-state index in [0.717, 1.165) is 45.5 Å². The van der Waals surface area contributed by atoms with Crippen molar-refractivity contribution in [1.82, 2.24) is 5.32 Å². The molecule has 3 heteroatoms. The van der Waals surface area contributed by atoms with Crippen molar-refractivity contribution in [1.29, 1.82) is 0 Å². The van der Waals surface area contributed by atoms with Crippen LogP contribution in [0.2, 0.25) is 0 Å². The number of hydrogen-bond donors (Lipinski definition) is 1. The van der Waals surface area contributed by atoms with E-state index in [9.17, 15) is 0 Å². The second-order valence-electron chi connectivity index (χ2n) is 6.13. The third kappa shape index (κ3) is 3.22. The molecule has 2 saturated heterocycles. The highest BCUT2D eigenvalue weighted by Crippen LogP contribution is 2.34. The third-order valence-electron chi connectivity index (χ3n) is 4.68. The van der Waals surface area contributed by atoms with Crippen LogP contribution in [0.3, 0.4) is 0 Å². The van der Waals surface area contributed by atoms with Crippen LogP contribution in [-0.2, 0) is 9.47 Å². The Balaban J connectivity index is 1.60. The molecule has 2 unspecified atom stereocenters. The lowest BCUT2D eigenvalue weighted by Gasteiger charge is -2.44. The molecule has 2 aliphatic rings. The molecule has 1 N–H and O–H groups in total. The molecule has 1 aromatic carbocycles. The van der Waals surface area contributed by atoms with Crippen LogP contribution in [0, 0.1) is 0 Å². The van der Waals surface area contributed by atoms with Gasteiger partial charge in [0.15, 0.2) is 0 Å². The Morgan fingerprint density at radius 1 is 1.15 bits per heavy atom. The lowest BCUT2D eigenvalue weighted by atomic mass is 9.83. The standard InChI is InChI=1S/C17H25NO2/c1-14(15-5-3-2-4-6-15)18-16-7-10-20-17(13-16)8-11-19-12-9-17/h2-6,14,16,18H,7-13H2,1H3. The predicted octanol–water partition coefficient (Wildman–Crippen LogP) is 3.07. The molecule has 0 aromatic heterocycles. The maximum atomic E-state index is 6.10. The Labute approximate surface area is 121 Å². The van der Waals surface area contributed by atoms with Crippen molar-refractivity contribution < 1.29 is 9.47 Å². The molecule has 0 aliphatic carbocycles. The maximum Gasteiger partial charge on any atom is 0.0741 e. The molecule has 0 amide bonds. The van der Waals surface area contributed by atoms with E-state index in [1.165, 1.54) is 5.56 Å². The van der Waals surface area contributed by atoms with Crippen LogP contribution in [-0.4, -0.2) is 31.5 Å². The summed E-state index contributed by atoms with van der Waals surface area (Å²) in [4.78, 5) is 0. The summed E-state index contributed by atoms with van der Waals surface area (Å²) in [5, 5.41) is 3.79. The minimum atomic E-state index is 0.0740. The molecule has 110 valence electrons. The number of ether oxygens (including phenoxy) is 2. The van der Waals surface area contributed by atoms with Crippen molar-refractivity contribution in [3.05, 3.63) is 35.9 Å². The fourth-order valence-electron chi connectivity index (χ4n) is 3.45. The number of benzene rings is 1. The van der Waals surface area contributed by atoms with E-state index in [0.29, 0.717) is 12.1 Å². The fraction of sp³-hybridized carbons (Fsp3) is 0.647. The van der Waals surface area contributed by atoms with Crippen LogP contribution in [0.5, 0.6) is 0 Å². The molecule has 0 bridgehead atoms. The van der Waals surface area contributed by atoms with Crippen molar-refractivity contribution in [3.8, 4) is 0 Å². The van der Waals surface area contributed by atoms with Gasteiger partial charge in [-0.15, -0.1) is 0 Å². The van der Waals surface area contributed by atoms with Gasteiger partial charge >= 0.3 is 0 Å². The van der Waals surface area contributed by atoms with E-state index >= 15 is 0 Å². The van der Waals surface area contributed by atoms with E-state index < -0.39 is 0 Å². The van der Waals surface area contributed by atoms with Gasteiger partial charge in [0, 0.05) is 31.9 Å². The molecular weight excluding hydrogens is 250 g/mol. The molecule has 3 nitrogen and oxygen atoms in total. The van der Waals surface area contributed by atoms with Gasteiger partial charge in [-0.25, -0.2) is 0 Å². The van der Waals surface area contributed by atoms with Gasteiger partial charge in [0.1, 0.15) is 0 Å². The lowest BCUT2D eigenvalue weighted by Crippen LogP contribution is -2.50. The summed E-state index contributed by atoms with van der Waals surface area (Å²) in [5.74, 6) is 0. The van der Waals surface area contributed by atoms with Gasteiger partial charge in [-0.05, 0) is 38.2 Å². The Bertz CT molecular complexity index is 409. The molecule has 3 rings (SSSR count). The molecule has 0 saturated carbocycles. The van der Waals surface area contributed by atoms with E-state index in [2.05, 4.69) is 42.6 Å².